The van der Waals surface area contributed by atoms with Gasteiger partial charge in [0.25, 0.3) is 0 Å². The molecule has 17 heavy (non-hydrogen) atoms. The van der Waals surface area contributed by atoms with E-state index in [2.05, 4.69) is 11.9 Å². The lowest BCUT2D eigenvalue weighted by Gasteiger charge is -2.26. The number of ketones is 1. The zero-order valence-corrected chi connectivity index (χ0v) is 10.0. The molecule has 1 unspecified atom stereocenters. The van der Waals surface area contributed by atoms with Crippen LogP contribution in [0, 0.1) is 0 Å². The third-order valence-electron chi connectivity index (χ3n) is 2.79. The van der Waals surface area contributed by atoms with Crippen molar-refractivity contribution in [1.29, 1.82) is 0 Å². The first-order chi connectivity index (χ1) is 8.16. The summed E-state index contributed by atoms with van der Waals surface area (Å²) in [7, 11) is 0. The van der Waals surface area contributed by atoms with Crippen molar-refractivity contribution >= 4 is 11.5 Å². The third-order valence-corrected chi connectivity index (χ3v) is 2.79. The van der Waals surface area contributed by atoms with Crippen LogP contribution in [0.5, 0.6) is 5.75 Å². The molecule has 0 fully saturated rings. The molecule has 2 rings (SSSR count). The zero-order chi connectivity index (χ0) is 12.3. The van der Waals surface area contributed by atoms with Crippen molar-refractivity contribution < 1.29 is 9.53 Å². The molecular formula is C14H17NO2. The number of para-hydroxylation sites is 2. The van der Waals surface area contributed by atoms with Crippen LogP contribution < -0.4 is 10.1 Å². The topological polar surface area (TPSA) is 38.3 Å². The Kier molecular flexibility index (Phi) is 3.47. The minimum absolute atomic E-state index is 0.134. The van der Waals surface area contributed by atoms with Crippen molar-refractivity contribution in [2.45, 2.75) is 25.9 Å². The summed E-state index contributed by atoms with van der Waals surface area (Å²) in [5.41, 5.74) is 1.99. The fourth-order valence-corrected chi connectivity index (χ4v) is 1.79. The van der Waals surface area contributed by atoms with Crippen molar-refractivity contribution in [3.05, 3.63) is 36.4 Å². The standard InChI is InChI=1S/C14H17NO2/c1-10(2)7-8-12(16)14-9-15-11-5-3-4-6-13(11)17-14/h3-6,14-15H,1,7-9H2,2H3. The van der Waals surface area contributed by atoms with Crippen LogP contribution in [-0.2, 0) is 4.79 Å². The molecule has 0 saturated carbocycles. The molecule has 0 radical (unpaired) electrons. The van der Waals surface area contributed by atoms with Gasteiger partial charge in [-0.15, -0.1) is 6.58 Å². The number of carbonyl (C=O) groups is 1. The van der Waals surface area contributed by atoms with Crippen LogP contribution in [0.25, 0.3) is 0 Å². The van der Waals surface area contributed by atoms with Gasteiger partial charge in [-0.1, -0.05) is 17.7 Å². The molecule has 1 heterocycles. The van der Waals surface area contributed by atoms with E-state index in [-0.39, 0.29) is 11.9 Å². The van der Waals surface area contributed by atoms with Crippen LogP contribution in [0.1, 0.15) is 19.8 Å². The predicted molar refractivity (Wildman–Crippen MR) is 68.4 cm³/mol. The second-order valence-electron chi connectivity index (χ2n) is 4.41. The molecule has 0 spiro atoms. The van der Waals surface area contributed by atoms with E-state index in [9.17, 15) is 4.79 Å². The minimum Gasteiger partial charge on any atom is -0.479 e. The molecule has 0 aromatic heterocycles. The Hall–Kier alpha value is -1.77. The van der Waals surface area contributed by atoms with Crippen molar-refractivity contribution in [2.75, 3.05) is 11.9 Å². The fraction of sp³-hybridized carbons (Fsp3) is 0.357. The number of nitrogens with one attached hydrogen (secondary N) is 1. The third kappa shape index (κ3) is 2.87. The maximum atomic E-state index is 11.9. The Morgan fingerprint density at radius 2 is 2.24 bits per heavy atom. The summed E-state index contributed by atoms with van der Waals surface area (Å²) >= 11 is 0. The molecule has 1 aliphatic heterocycles. The van der Waals surface area contributed by atoms with E-state index in [1.54, 1.807) is 0 Å². The lowest BCUT2D eigenvalue weighted by molar-refractivity contribution is -0.125. The van der Waals surface area contributed by atoms with Gasteiger partial charge in [0.2, 0.25) is 0 Å². The summed E-state index contributed by atoms with van der Waals surface area (Å²) in [6.45, 7) is 6.28. The highest BCUT2D eigenvalue weighted by Gasteiger charge is 2.24. The Balaban J connectivity index is 1.97. The molecule has 1 aromatic rings. The fourth-order valence-electron chi connectivity index (χ4n) is 1.79. The van der Waals surface area contributed by atoms with Crippen molar-refractivity contribution in [2.24, 2.45) is 0 Å². The molecule has 1 atom stereocenters. The molecule has 0 bridgehead atoms. The Labute approximate surface area is 101 Å². The number of rotatable bonds is 4. The highest BCUT2D eigenvalue weighted by Crippen LogP contribution is 2.28. The van der Waals surface area contributed by atoms with E-state index in [1.807, 2.05) is 31.2 Å². The number of Topliss-reactive ketones (excluding diaryl/α,β-unsaturated/α-hetero) is 1. The molecule has 0 amide bonds. The van der Waals surface area contributed by atoms with Crippen LogP contribution in [0.4, 0.5) is 5.69 Å². The number of hydrogen-bond acceptors (Lipinski definition) is 3. The van der Waals surface area contributed by atoms with E-state index < -0.39 is 0 Å². The summed E-state index contributed by atoms with van der Waals surface area (Å²) in [4.78, 5) is 11.9. The normalized spacial score (nSPS) is 17.6. The Bertz CT molecular complexity index is 440. The number of fused-ring (bicyclic) bond motifs is 1. The monoisotopic (exact) mass is 231 g/mol. The largest absolute Gasteiger partial charge is 0.479 e. The van der Waals surface area contributed by atoms with Gasteiger partial charge in [0, 0.05) is 6.42 Å². The minimum atomic E-state index is -0.371. The first-order valence-corrected chi connectivity index (χ1v) is 5.83. The number of benzene rings is 1. The molecule has 1 aromatic carbocycles. The van der Waals surface area contributed by atoms with Crippen LogP contribution >= 0.6 is 0 Å². The van der Waals surface area contributed by atoms with E-state index in [0.29, 0.717) is 13.0 Å². The maximum absolute atomic E-state index is 11.9. The number of anilines is 1. The zero-order valence-electron chi connectivity index (χ0n) is 10.0. The summed E-state index contributed by atoms with van der Waals surface area (Å²) in [6.07, 6.45) is 0.869. The van der Waals surface area contributed by atoms with Crippen molar-refractivity contribution in [3.63, 3.8) is 0 Å². The van der Waals surface area contributed by atoms with Gasteiger partial charge in [0.05, 0.1) is 12.2 Å². The Morgan fingerprint density at radius 1 is 1.47 bits per heavy atom. The smallest absolute Gasteiger partial charge is 0.175 e. The van der Waals surface area contributed by atoms with Gasteiger partial charge in [-0.25, -0.2) is 0 Å². The van der Waals surface area contributed by atoms with Crippen LogP contribution in [0.15, 0.2) is 36.4 Å². The lowest BCUT2D eigenvalue weighted by Crippen LogP contribution is -2.37. The average Bonchev–Trinajstić information content (AvgIpc) is 2.35. The lowest BCUT2D eigenvalue weighted by atomic mass is 10.1. The number of hydrogen-bond donors (Lipinski definition) is 1. The quantitative estimate of drug-likeness (QED) is 0.810. The van der Waals surface area contributed by atoms with Crippen molar-refractivity contribution in [3.8, 4) is 5.75 Å². The van der Waals surface area contributed by atoms with E-state index >= 15 is 0 Å². The maximum Gasteiger partial charge on any atom is 0.175 e. The van der Waals surface area contributed by atoms with E-state index in [0.717, 1.165) is 23.4 Å². The number of ether oxygens (including phenoxy) is 1. The van der Waals surface area contributed by atoms with E-state index in [4.69, 9.17) is 4.74 Å². The van der Waals surface area contributed by atoms with Crippen LogP contribution in [-0.4, -0.2) is 18.4 Å². The molecule has 3 nitrogen and oxygen atoms in total. The highest BCUT2D eigenvalue weighted by atomic mass is 16.5. The molecule has 0 saturated heterocycles. The summed E-state index contributed by atoms with van der Waals surface area (Å²) < 4.78 is 5.68. The molecule has 1 N–H and O–H groups in total. The first-order valence-electron chi connectivity index (χ1n) is 5.83. The average molecular weight is 231 g/mol. The van der Waals surface area contributed by atoms with Gasteiger partial charge >= 0.3 is 0 Å². The van der Waals surface area contributed by atoms with Gasteiger partial charge in [-0.2, -0.15) is 0 Å². The van der Waals surface area contributed by atoms with E-state index in [1.165, 1.54) is 0 Å². The van der Waals surface area contributed by atoms with Gasteiger partial charge in [-0.05, 0) is 25.5 Å². The number of allylic oxidation sites excluding steroid dienone is 1. The van der Waals surface area contributed by atoms with Crippen LogP contribution in [0.2, 0.25) is 0 Å². The molecular weight excluding hydrogens is 214 g/mol. The van der Waals surface area contributed by atoms with Gasteiger partial charge in [-0.3, -0.25) is 4.79 Å². The highest BCUT2D eigenvalue weighted by molar-refractivity contribution is 5.85. The Morgan fingerprint density at radius 3 is 3.00 bits per heavy atom. The van der Waals surface area contributed by atoms with Gasteiger partial charge in [0.15, 0.2) is 11.9 Å². The molecule has 1 aliphatic rings. The second-order valence-corrected chi connectivity index (χ2v) is 4.41. The summed E-state index contributed by atoms with van der Waals surface area (Å²) in [6, 6.07) is 7.67. The van der Waals surface area contributed by atoms with Gasteiger partial charge < -0.3 is 10.1 Å². The number of carbonyl (C=O) groups excluding carboxylic acids is 1. The first kappa shape index (κ1) is 11.7. The van der Waals surface area contributed by atoms with Gasteiger partial charge in [0.1, 0.15) is 5.75 Å². The second kappa shape index (κ2) is 5.04. The molecule has 3 heteroatoms. The predicted octanol–water partition coefficient (Wildman–Crippen LogP) is 2.78. The SMILES string of the molecule is C=C(C)CCC(=O)C1CNc2ccccc2O1. The summed E-state index contributed by atoms with van der Waals surface area (Å²) in [5, 5.41) is 3.21. The molecule has 90 valence electrons. The summed E-state index contributed by atoms with van der Waals surface area (Å²) in [5.74, 6) is 0.891. The molecule has 0 aliphatic carbocycles. The van der Waals surface area contributed by atoms with Crippen molar-refractivity contribution in [1.82, 2.24) is 0 Å². The van der Waals surface area contributed by atoms with Crippen LogP contribution in [0.3, 0.4) is 0 Å².